The van der Waals surface area contributed by atoms with Gasteiger partial charge >= 0.3 is 12.1 Å². The molecule has 208 valence electrons. The SMILES string of the molecule is CCN(C1CCC(c2ccc(OCC(=O)OC(C)(C)C)cc2)CC1)C1CCN(C(=O)OC(C)(C)C)CC1. The Hall–Kier alpha value is -2.28. The van der Waals surface area contributed by atoms with Crippen molar-refractivity contribution in [2.45, 2.75) is 116 Å². The molecule has 1 aromatic carbocycles. The molecule has 2 fully saturated rings. The predicted molar refractivity (Wildman–Crippen MR) is 146 cm³/mol. The first-order valence-electron chi connectivity index (χ1n) is 14.0. The van der Waals surface area contributed by atoms with Crippen LogP contribution in [-0.2, 0) is 14.3 Å². The molecule has 0 aromatic heterocycles. The molecule has 1 saturated heterocycles. The summed E-state index contributed by atoms with van der Waals surface area (Å²) in [4.78, 5) is 28.9. The quantitative estimate of drug-likeness (QED) is 0.405. The molecule has 1 amide bonds. The summed E-state index contributed by atoms with van der Waals surface area (Å²) in [5.41, 5.74) is 0.389. The highest BCUT2D eigenvalue weighted by Crippen LogP contribution is 2.37. The third-order valence-electron chi connectivity index (χ3n) is 7.24. The van der Waals surface area contributed by atoms with Crippen LogP contribution in [0.1, 0.15) is 98.5 Å². The van der Waals surface area contributed by atoms with E-state index in [4.69, 9.17) is 14.2 Å². The van der Waals surface area contributed by atoms with Crippen LogP contribution in [0.2, 0.25) is 0 Å². The molecule has 0 unspecified atom stereocenters. The Labute approximate surface area is 223 Å². The number of esters is 1. The number of piperidine rings is 1. The number of hydrogen-bond donors (Lipinski definition) is 0. The second kappa shape index (κ2) is 12.5. The number of hydrogen-bond acceptors (Lipinski definition) is 6. The van der Waals surface area contributed by atoms with Gasteiger partial charge in [0, 0.05) is 25.2 Å². The highest BCUT2D eigenvalue weighted by molar-refractivity contribution is 5.71. The number of benzene rings is 1. The first-order valence-corrected chi connectivity index (χ1v) is 14.0. The molecule has 0 spiro atoms. The van der Waals surface area contributed by atoms with E-state index in [2.05, 4.69) is 24.0 Å². The van der Waals surface area contributed by atoms with Gasteiger partial charge < -0.3 is 19.1 Å². The van der Waals surface area contributed by atoms with Crippen LogP contribution in [0, 0.1) is 0 Å². The van der Waals surface area contributed by atoms with Crippen molar-refractivity contribution in [2.75, 3.05) is 26.2 Å². The Balaban J connectivity index is 1.45. The van der Waals surface area contributed by atoms with Crippen LogP contribution in [0.25, 0.3) is 0 Å². The Morgan fingerprint density at radius 3 is 1.89 bits per heavy atom. The van der Waals surface area contributed by atoms with Gasteiger partial charge in [-0.25, -0.2) is 9.59 Å². The van der Waals surface area contributed by atoms with Crippen molar-refractivity contribution in [1.29, 1.82) is 0 Å². The standard InChI is InChI=1S/C30H48N2O5/c1-8-32(25-17-19-31(20-18-25)28(34)37-30(5,6)7)24-13-9-22(10-14-24)23-11-15-26(16-12-23)35-21-27(33)36-29(2,3)4/h11-12,15-16,22,24-25H,8-10,13-14,17-21H2,1-7H3. The fourth-order valence-corrected chi connectivity index (χ4v) is 5.61. The number of carbonyl (C=O) groups excluding carboxylic acids is 2. The van der Waals surface area contributed by atoms with E-state index < -0.39 is 11.2 Å². The van der Waals surface area contributed by atoms with Gasteiger partial charge in [-0.05, 0) is 110 Å². The minimum atomic E-state index is -0.506. The van der Waals surface area contributed by atoms with Crippen LogP contribution in [-0.4, -0.2) is 71.4 Å². The highest BCUT2D eigenvalue weighted by atomic mass is 16.6. The smallest absolute Gasteiger partial charge is 0.410 e. The lowest BCUT2D eigenvalue weighted by atomic mass is 9.80. The zero-order valence-corrected chi connectivity index (χ0v) is 24.0. The Morgan fingerprint density at radius 2 is 1.38 bits per heavy atom. The number of ether oxygens (including phenoxy) is 3. The molecule has 1 aromatic rings. The lowest BCUT2D eigenvalue weighted by molar-refractivity contribution is -0.157. The molecular weight excluding hydrogens is 468 g/mol. The Bertz CT molecular complexity index is 871. The van der Waals surface area contributed by atoms with E-state index in [9.17, 15) is 9.59 Å². The van der Waals surface area contributed by atoms with Crippen molar-refractivity contribution in [1.82, 2.24) is 9.80 Å². The van der Waals surface area contributed by atoms with E-state index in [0.717, 1.165) is 32.5 Å². The molecule has 1 aliphatic carbocycles. The van der Waals surface area contributed by atoms with Crippen molar-refractivity contribution in [2.24, 2.45) is 0 Å². The van der Waals surface area contributed by atoms with Gasteiger partial charge in [-0.1, -0.05) is 19.1 Å². The molecule has 0 bridgehead atoms. The van der Waals surface area contributed by atoms with Crippen molar-refractivity contribution in [3.8, 4) is 5.75 Å². The predicted octanol–water partition coefficient (Wildman–Crippen LogP) is 6.15. The molecular formula is C30H48N2O5. The summed E-state index contributed by atoms with van der Waals surface area (Å²) in [7, 11) is 0. The summed E-state index contributed by atoms with van der Waals surface area (Å²) in [5, 5.41) is 0. The van der Waals surface area contributed by atoms with Crippen molar-refractivity contribution in [3.05, 3.63) is 29.8 Å². The van der Waals surface area contributed by atoms with E-state index in [-0.39, 0.29) is 18.7 Å². The summed E-state index contributed by atoms with van der Waals surface area (Å²) in [6.45, 7) is 16.1. The van der Waals surface area contributed by atoms with Crippen molar-refractivity contribution >= 4 is 12.1 Å². The summed E-state index contributed by atoms with van der Waals surface area (Å²) in [5.74, 6) is 0.896. The zero-order chi connectivity index (χ0) is 27.2. The maximum absolute atomic E-state index is 12.4. The average Bonchev–Trinajstić information content (AvgIpc) is 2.82. The zero-order valence-electron chi connectivity index (χ0n) is 24.0. The first kappa shape index (κ1) is 29.3. The second-order valence-electron chi connectivity index (χ2n) is 12.5. The number of likely N-dealkylation sites (tertiary alicyclic amines) is 1. The van der Waals surface area contributed by atoms with Crippen molar-refractivity contribution < 1.29 is 23.8 Å². The van der Waals surface area contributed by atoms with Crippen LogP contribution in [0.15, 0.2) is 24.3 Å². The van der Waals surface area contributed by atoms with Crippen LogP contribution >= 0.6 is 0 Å². The van der Waals surface area contributed by atoms with Crippen LogP contribution in [0.3, 0.4) is 0 Å². The monoisotopic (exact) mass is 516 g/mol. The van der Waals surface area contributed by atoms with Gasteiger partial charge in [-0.15, -0.1) is 0 Å². The maximum Gasteiger partial charge on any atom is 0.410 e. The van der Waals surface area contributed by atoms with E-state index in [1.807, 2.05) is 58.6 Å². The van der Waals surface area contributed by atoms with E-state index in [0.29, 0.717) is 23.8 Å². The first-order chi connectivity index (χ1) is 17.3. The third kappa shape index (κ3) is 9.20. The van der Waals surface area contributed by atoms with Gasteiger partial charge in [0.25, 0.3) is 0 Å². The largest absolute Gasteiger partial charge is 0.482 e. The second-order valence-corrected chi connectivity index (χ2v) is 12.5. The van der Waals surface area contributed by atoms with Gasteiger partial charge in [0.15, 0.2) is 6.61 Å². The lowest BCUT2D eigenvalue weighted by Crippen LogP contribution is -2.51. The molecule has 37 heavy (non-hydrogen) atoms. The van der Waals surface area contributed by atoms with Crippen LogP contribution < -0.4 is 4.74 Å². The van der Waals surface area contributed by atoms with Gasteiger partial charge in [0.1, 0.15) is 17.0 Å². The summed E-state index contributed by atoms with van der Waals surface area (Å²) in [6.07, 6.45) is 6.58. The molecule has 2 aliphatic rings. The number of rotatable bonds is 7. The molecule has 0 radical (unpaired) electrons. The normalized spacial score (nSPS) is 21.6. The Kier molecular flexibility index (Phi) is 9.90. The molecule has 1 aliphatic heterocycles. The number of carbonyl (C=O) groups is 2. The van der Waals surface area contributed by atoms with E-state index >= 15 is 0 Å². The van der Waals surface area contributed by atoms with Crippen LogP contribution in [0.5, 0.6) is 5.75 Å². The number of nitrogens with zero attached hydrogens (tertiary/aromatic N) is 2. The van der Waals surface area contributed by atoms with Gasteiger partial charge in [-0.3, -0.25) is 4.90 Å². The molecule has 1 heterocycles. The van der Waals surface area contributed by atoms with Crippen LogP contribution in [0.4, 0.5) is 4.79 Å². The molecule has 1 saturated carbocycles. The minimum absolute atomic E-state index is 0.0781. The molecule has 0 N–H and O–H groups in total. The lowest BCUT2D eigenvalue weighted by Gasteiger charge is -2.44. The van der Waals surface area contributed by atoms with Gasteiger partial charge in [-0.2, -0.15) is 0 Å². The third-order valence-corrected chi connectivity index (χ3v) is 7.24. The molecule has 0 atom stereocenters. The van der Waals surface area contributed by atoms with Crippen molar-refractivity contribution in [3.63, 3.8) is 0 Å². The summed E-state index contributed by atoms with van der Waals surface area (Å²) >= 11 is 0. The fraction of sp³-hybridized carbons (Fsp3) is 0.733. The van der Waals surface area contributed by atoms with Gasteiger partial charge in [0.05, 0.1) is 0 Å². The van der Waals surface area contributed by atoms with E-state index in [1.165, 1.54) is 31.2 Å². The van der Waals surface area contributed by atoms with E-state index in [1.54, 1.807) is 0 Å². The summed E-state index contributed by atoms with van der Waals surface area (Å²) in [6, 6.07) is 9.34. The average molecular weight is 517 g/mol. The van der Waals surface area contributed by atoms with Gasteiger partial charge in [0.2, 0.25) is 0 Å². The fourth-order valence-electron chi connectivity index (χ4n) is 5.61. The molecule has 3 rings (SSSR count). The number of amides is 1. The highest BCUT2D eigenvalue weighted by Gasteiger charge is 2.33. The maximum atomic E-state index is 12.4. The Morgan fingerprint density at radius 1 is 0.838 bits per heavy atom. The topological polar surface area (TPSA) is 68.3 Å². The molecule has 7 nitrogen and oxygen atoms in total. The molecule has 7 heteroatoms. The summed E-state index contributed by atoms with van der Waals surface area (Å²) < 4.78 is 16.5. The minimum Gasteiger partial charge on any atom is -0.482 e.